The van der Waals surface area contributed by atoms with Crippen LogP contribution in [-0.4, -0.2) is 36.2 Å². The number of hydrogen-bond donors (Lipinski definition) is 0. The highest BCUT2D eigenvalue weighted by atomic mass is 16.5. The fourth-order valence-corrected chi connectivity index (χ4v) is 2.44. The molecule has 0 spiro atoms. The Morgan fingerprint density at radius 2 is 2.44 bits per heavy atom. The average Bonchev–Trinajstić information content (AvgIpc) is 2.41. The maximum Gasteiger partial charge on any atom is 0.140 e. The molecule has 0 radical (unpaired) electrons. The second-order valence-electron chi connectivity index (χ2n) is 4.94. The molecule has 1 aliphatic heterocycles. The molecule has 1 aromatic heterocycles. The fourth-order valence-electron chi connectivity index (χ4n) is 2.44. The summed E-state index contributed by atoms with van der Waals surface area (Å²) >= 11 is 0. The molecule has 1 fully saturated rings. The summed E-state index contributed by atoms with van der Waals surface area (Å²) in [7, 11) is 1.78. The molecule has 4 heteroatoms. The van der Waals surface area contributed by atoms with E-state index in [-0.39, 0.29) is 0 Å². The number of likely N-dealkylation sites (tertiary alicyclic amines) is 1. The lowest BCUT2D eigenvalue weighted by molar-refractivity contribution is -0.00745. The van der Waals surface area contributed by atoms with Crippen LogP contribution in [0.2, 0.25) is 0 Å². The van der Waals surface area contributed by atoms with Crippen molar-refractivity contribution in [1.29, 1.82) is 5.26 Å². The van der Waals surface area contributed by atoms with Gasteiger partial charge in [0.25, 0.3) is 0 Å². The topological polar surface area (TPSA) is 49.1 Å². The lowest BCUT2D eigenvalue weighted by Gasteiger charge is -2.36. The van der Waals surface area contributed by atoms with E-state index in [1.807, 2.05) is 12.1 Å². The number of ether oxygens (including phenoxy) is 1. The Hall–Kier alpha value is -1.44. The second kappa shape index (κ2) is 5.94. The summed E-state index contributed by atoms with van der Waals surface area (Å²) < 4.78 is 5.51. The van der Waals surface area contributed by atoms with Gasteiger partial charge in [-0.05, 0) is 36.6 Å². The monoisotopic (exact) mass is 245 g/mol. The minimum absolute atomic E-state index is 0.316. The molecule has 2 heterocycles. The van der Waals surface area contributed by atoms with E-state index in [0.29, 0.717) is 17.7 Å². The van der Waals surface area contributed by atoms with Crippen molar-refractivity contribution in [2.45, 2.75) is 26.0 Å². The van der Waals surface area contributed by atoms with Crippen LogP contribution < -0.4 is 0 Å². The molecule has 0 aliphatic carbocycles. The molecule has 0 bridgehead atoms. The Kier molecular flexibility index (Phi) is 4.29. The Labute approximate surface area is 108 Å². The van der Waals surface area contributed by atoms with Gasteiger partial charge in [0, 0.05) is 26.4 Å². The first kappa shape index (κ1) is 13.0. The molecule has 2 rings (SSSR count). The van der Waals surface area contributed by atoms with Crippen molar-refractivity contribution in [2.24, 2.45) is 5.92 Å². The molecule has 1 saturated heterocycles. The third kappa shape index (κ3) is 3.06. The fraction of sp³-hybridized carbons (Fsp3) is 0.571. The van der Waals surface area contributed by atoms with Crippen molar-refractivity contribution in [3.8, 4) is 6.07 Å². The van der Waals surface area contributed by atoms with E-state index in [0.717, 1.165) is 31.6 Å². The molecule has 0 aromatic carbocycles. The van der Waals surface area contributed by atoms with Gasteiger partial charge in [0.05, 0.1) is 6.10 Å². The van der Waals surface area contributed by atoms with Crippen LogP contribution in [0.5, 0.6) is 0 Å². The maximum atomic E-state index is 8.84. The van der Waals surface area contributed by atoms with E-state index in [2.05, 4.69) is 22.9 Å². The first-order chi connectivity index (χ1) is 8.72. The number of aromatic nitrogens is 1. The Morgan fingerprint density at radius 1 is 1.61 bits per heavy atom. The zero-order chi connectivity index (χ0) is 13.0. The number of nitriles is 1. The van der Waals surface area contributed by atoms with Crippen LogP contribution in [0.15, 0.2) is 18.3 Å². The minimum Gasteiger partial charge on any atom is -0.380 e. The predicted octanol–water partition coefficient (Wildman–Crippen LogP) is 1.81. The van der Waals surface area contributed by atoms with E-state index in [1.165, 1.54) is 0 Å². The van der Waals surface area contributed by atoms with Crippen molar-refractivity contribution in [2.75, 3.05) is 20.2 Å². The summed E-state index contributed by atoms with van der Waals surface area (Å²) in [6.07, 6.45) is 3.18. The second-order valence-corrected chi connectivity index (χ2v) is 4.94. The quantitative estimate of drug-likeness (QED) is 0.815. The Bertz CT molecular complexity index is 441. The normalized spacial score (nSPS) is 24.7. The molecule has 4 nitrogen and oxygen atoms in total. The number of hydrogen-bond acceptors (Lipinski definition) is 4. The van der Waals surface area contributed by atoms with Crippen molar-refractivity contribution < 1.29 is 4.74 Å². The molecule has 1 aliphatic rings. The molecule has 0 amide bonds. The van der Waals surface area contributed by atoms with Crippen molar-refractivity contribution >= 4 is 0 Å². The summed E-state index contributed by atoms with van der Waals surface area (Å²) in [5, 5.41) is 8.84. The maximum absolute atomic E-state index is 8.84. The van der Waals surface area contributed by atoms with E-state index in [4.69, 9.17) is 10.00 Å². The lowest BCUT2D eigenvalue weighted by atomic mass is 9.95. The van der Waals surface area contributed by atoms with E-state index in [9.17, 15) is 0 Å². The highest BCUT2D eigenvalue weighted by Gasteiger charge is 2.25. The third-order valence-corrected chi connectivity index (χ3v) is 3.62. The van der Waals surface area contributed by atoms with Crippen LogP contribution in [0, 0.1) is 17.2 Å². The molecule has 18 heavy (non-hydrogen) atoms. The van der Waals surface area contributed by atoms with Gasteiger partial charge in [0.2, 0.25) is 0 Å². The summed E-state index contributed by atoms with van der Waals surface area (Å²) in [5.41, 5.74) is 1.63. The molecule has 2 unspecified atom stereocenters. The molecule has 2 atom stereocenters. The minimum atomic E-state index is 0.316. The summed E-state index contributed by atoms with van der Waals surface area (Å²) in [5.74, 6) is 0.623. The van der Waals surface area contributed by atoms with Crippen molar-refractivity contribution in [3.05, 3.63) is 29.6 Å². The van der Waals surface area contributed by atoms with Gasteiger partial charge in [-0.25, -0.2) is 4.98 Å². The summed E-state index contributed by atoms with van der Waals surface area (Å²) in [6.45, 7) is 5.16. The molecular weight excluding hydrogens is 226 g/mol. The van der Waals surface area contributed by atoms with E-state index < -0.39 is 0 Å². The van der Waals surface area contributed by atoms with Gasteiger partial charge in [-0.3, -0.25) is 4.90 Å². The van der Waals surface area contributed by atoms with Crippen LogP contribution in [0.1, 0.15) is 24.6 Å². The highest BCUT2D eigenvalue weighted by Crippen LogP contribution is 2.20. The van der Waals surface area contributed by atoms with Crippen LogP contribution >= 0.6 is 0 Å². The summed E-state index contributed by atoms with van der Waals surface area (Å²) in [4.78, 5) is 6.37. The van der Waals surface area contributed by atoms with Crippen LogP contribution in [-0.2, 0) is 11.3 Å². The number of methoxy groups -OCH3 is 1. The first-order valence-corrected chi connectivity index (χ1v) is 6.33. The molecule has 96 valence electrons. The first-order valence-electron chi connectivity index (χ1n) is 6.33. The molecular formula is C14H19N3O. The number of nitrogens with zero attached hydrogens (tertiary/aromatic N) is 3. The Balaban J connectivity index is 1.99. The van der Waals surface area contributed by atoms with Crippen LogP contribution in [0.25, 0.3) is 0 Å². The Morgan fingerprint density at radius 3 is 3.17 bits per heavy atom. The smallest absolute Gasteiger partial charge is 0.140 e. The van der Waals surface area contributed by atoms with Crippen LogP contribution in [0.3, 0.4) is 0 Å². The lowest BCUT2D eigenvalue weighted by Crippen LogP contribution is -2.43. The zero-order valence-corrected chi connectivity index (χ0v) is 11.0. The van der Waals surface area contributed by atoms with Gasteiger partial charge in [0.1, 0.15) is 11.8 Å². The van der Waals surface area contributed by atoms with Crippen LogP contribution in [0.4, 0.5) is 0 Å². The number of rotatable bonds is 3. The van der Waals surface area contributed by atoms with Gasteiger partial charge in [-0.1, -0.05) is 6.92 Å². The largest absolute Gasteiger partial charge is 0.380 e. The van der Waals surface area contributed by atoms with Gasteiger partial charge in [-0.15, -0.1) is 0 Å². The standard InChI is InChI=1S/C14H19N3O/c1-11-4-6-17(10-14(11)18-2)9-12-3-5-16-13(7-12)8-15/h3,5,7,11,14H,4,6,9-10H2,1-2H3. The SMILES string of the molecule is COC1CN(Cc2ccnc(C#N)c2)CCC1C. The molecule has 1 aromatic rings. The van der Waals surface area contributed by atoms with Crippen molar-refractivity contribution in [3.63, 3.8) is 0 Å². The van der Waals surface area contributed by atoms with E-state index >= 15 is 0 Å². The van der Waals surface area contributed by atoms with Crippen molar-refractivity contribution in [1.82, 2.24) is 9.88 Å². The van der Waals surface area contributed by atoms with Gasteiger partial charge in [-0.2, -0.15) is 5.26 Å². The molecule has 0 saturated carbocycles. The van der Waals surface area contributed by atoms with E-state index in [1.54, 1.807) is 13.3 Å². The average molecular weight is 245 g/mol. The predicted molar refractivity (Wildman–Crippen MR) is 68.8 cm³/mol. The highest BCUT2D eigenvalue weighted by molar-refractivity contribution is 5.25. The van der Waals surface area contributed by atoms with Gasteiger partial charge >= 0.3 is 0 Å². The number of pyridine rings is 1. The van der Waals surface area contributed by atoms with Gasteiger partial charge in [0.15, 0.2) is 0 Å². The third-order valence-electron chi connectivity index (χ3n) is 3.62. The molecule has 0 N–H and O–H groups in total. The number of piperidine rings is 1. The summed E-state index contributed by atoms with van der Waals surface area (Å²) in [6, 6.07) is 5.91. The van der Waals surface area contributed by atoms with Gasteiger partial charge < -0.3 is 4.74 Å². The zero-order valence-electron chi connectivity index (χ0n) is 11.0.